The lowest BCUT2D eigenvalue weighted by atomic mass is 10.3. The lowest BCUT2D eigenvalue weighted by Gasteiger charge is -2.09. The molecule has 1 amide bonds. The van der Waals surface area contributed by atoms with Crippen LogP contribution in [0.15, 0.2) is 18.2 Å². The van der Waals surface area contributed by atoms with E-state index in [1.807, 2.05) is 4.72 Å². The molecular weight excluding hydrogens is 265 g/mol. The average Bonchev–Trinajstić information content (AvgIpc) is 2.13. The Morgan fingerprint density at radius 3 is 2.67 bits per heavy atom. The van der Waals surface area contributed by atoms with E-state index in [1.165, 1.54) is 13.0 Å². The molecule has 18 heavy (non-hydrogen) atoms. The standard InChI is InChI=1S/C9H12FN3O4S/c1-2-17-9(14)13-18(15,16)12-8-4-6(10)3-7(11)5-8/h3-5,12H,2,11H2,1H3,(H,13,14). The summed E-state index contributed by atoms with van der Waals surface area (Å²) in [6, 6.07) is 3.14. The molecule has 0 unspecified atom stereocenters. The first-order valence-electron chi connectivity index (χ1n) is 4.86. The highest BCUT2D eigenvalue weighted by Gasteiger charge is 2.15. The van der Waals surface area contributed by atoms with Gasteiger partial charge in [-0.1, -0.05) is 0 Å². The molecule has 0 aliphatic heterocycles. The largest absolute Gasteiger partial charge is 0.449 e. The van der Waals surface area contributed by atoms with E-state index in [2.05, 4.69) is 4.74 Å². The fraction of sp³-hybridized carbons (Fsp3) is 0.222. The maximum absolute atomic E-state index is 13.0. The lowest BCUT2D eigenvalue weighted by molar-refractivity contribution is 0.159. The Morgan fingerprint density at radius 2 is 2.11 bits per heavy atom. The normalized spacial score (nSPS) is 10.8. The van der Waals surface area contributed by atoms with E-state index in [0.29, 0.717) is 0 Å². The quantitative estimate of drug-likeness (QED) is 0.705. The van der Waals surface area contributed by atoms with Gasteiger partial charge in [-0.05, 0) is 25.1 Å². The second-order valence-corrected chi connectivity index (χ2v) is 4.62. The molecule has 100 valence electrons. The van der Waals surface area contributed by atoms with Crippen molar-refractivity contribution in [2.24, 2.45) is 0 Å². The van der Waals surface area contributed by atoms with Crippen LogP contribution in [0.1, 0.15) is 6.92 Å². The molecule has 1 aromatic rings. The summed E-state index contributed by atoms with van der Waals surface area (Å²) in [6.45, 7) is 1.54. The molecule has 0 atom stereocenters. The maximum Gasteiger partial charge on any atom is 0.422 e. The summed E-state index contributed by atoms with van der Waals surface area (Å²) in [6.07, 6.45) is -1.13. The van der Waals surface area contributed by atoms with E-state index >= 15 is 0 Å². The van der Waals surface area contributed by atoms with Gasteiger partial charge in [0.1, 0.15) is 5.82 Å². The molecular formula is C9H12FN3O4S. The second kappa shape index (κ2) is 5.54. The molecule has 1 rings (SSSR count). The third-order valence-corrected chi connectivity index (χ3v) is 2.61. The maximum atomic E-state index is 13.0. The molecule has 0 bridgehead atoms. The van der Waals surface area contributed by atoms with Crippen molar-refractivity contribution in [1.29, 1.82) is 0 Å². The summed E-state index contributed by atoms with van der Waals surface area (Å²) < 4.78 is 43.7. The van der Waals surface area contributed by atoms with Crippen molar-refractivity contribution in [3.8, 4) is 0 Å². The summed E-state index contributed by atoms with van der Waals surface area (Å²) >= 11 is 0. The fourth-order valence-corrected chi connectivity index (χ4v) is 1.88. The molecule has 0 aliphatic carbocycles. The number of nitrogens with one attached hydrogen (secondary N) is 2. The van der Waals surface area contributed by atoms with E-state index in [9.17, 15) is 17.6 Å². The number of carbonyl (C=O) groups is 1. The van der Waals surface area contributed by atoms with E-state index in [4.69, 9.17) is 5.73 Å². The van der Waals surface area contributed by atoms with Gasteiger partial charge in [0.2, 0.25) is 0 Å². The Balaban J connectivity index is 2.79. The fourth-order valence-electron chi connectivity index (χ4n) is 1.12. The van der Waals surface area contributed by atoms with Gasteiger partial charge in [0.05, 0.1) is 12.3 Å². The van der Waals surface area contributed by atoms with E-state index in [0.717, 1.165) is 12.1 Å². The summed E-state index contributed by atoms with van der Waals surface area (Å²) in [5.74, 6) is -0.705. The van der Waals surface area contributed by atoms with Crippen molar-refractivity contribution >= 4 is 27.7 Å². The van der Waals surface area contributed by atoms with Crippen LogP contribution in [-0.4, -0.2) is 21.1 Å². The average molecular weight is 277 g/mol. The minimum absolute atomic E-state index is 0.0221. The van der Waals surface area contributed by atoms with Gasteiger partial charge < -0.3 is 10.5 Å². The van der Waals surface area contributed by atoms with E-state index in [-0.39, 0.29) is 18.0 Å². The highest BCUT2D eigenvalue weighted by molar-refractivity contribution is 7.91. The van der Waals surface area contributed by atoms with Gasteiger partial charge in [-0.2, -0.15) is 8.42 Å². The molecule has 9 heteroatoms. The molecule has 0 aliphatic rings. The van der Waals surface area contributed by atoms with Crippen molar-refractivity contribution < 1.29 is 22.3 Å². The second-order valence-electron chi connectivity index (χ2n) is 3.20. The molecule has 0 aromatic heterocycles. The predicted molar refractivity (Wildman–Crippen MR) is 63.5 cm³/mol. The van der Waals surface area contributed by atoms with Gasteiger partial charge in [0.25, 0.3) is 0 Å². The van der Waals surface area contributed by atoms with Crippen LogP contribution in [0.5, 0.6) is 0 Å². The van der Waals surface area contributed by atoms with Crippen LogP contribution in [0.4, 0.5) is 20.6 Å². The van der Waals surface area contributed by atoms with Crippen LogP contribution in [0.3, 0.4) is 0 Å². The smallest absolute Gasteiger partial charge is 0.422 e. The number of rotatable bonds is 4. The van der Waals surface area contributed by atoms with Crippen LogP contribution < -0.4 is 15.2 Å². The molecule has 0 fully saturated rings. The van der Waals surface area contributed by atoms with Crippen LogP contribution in [-0.2, 0) is 14.9 Å². The zero-order valence-electron chi connectivity index (χ0n) is 9.44. The highest BCUT2D eigenvalue weighted by Crippen LogP contribution is 2.16. The molecule has 0 saturated heterocycles. The van der Waals surface area contributed by atoms with Gasteiger partial charge in [0, 0.05) is 5.69 Å². The van der Waals surface area contributed by atoms with E-state index < -0.39 is 22.1 Å². The number of amides is 1. The number of carbonyl (C=O) groups excluding carboxylic acids is 1. The Labute approximate surface area is 103 Å². The number of nitrogens with two attached hydrogens (primary N) is 1. The lowest BCUT2D eigenvalue weighted by Crippen LogP contribution is -2.35. The van der Waals surface area contributed by atoms with Gasteiger partial charge in [0.15, 0.2) is 0 Å². The first-order chi connectivity index (χ1) is 8.32. The van der Waals surface area contributed by atoms with Crippen molar-refractivity contribution in [2.45, 2.75) is 6.92 Å². The topological polar surface area (TPSA) is 111 Å². The summed E-state index contributed by atoms with van der Waals surface area (Å²) in [5.41, 5.74) is 5.28. The minimum Gasteiger partial charge on any atom is -0.449 e. The van der Waals surface area contributed by atoms with Crippen molar-refractivity contribution in [2.75, 3.05) is 17.1 Å². The van der Waals surface area contributed by atoms with E-state index in [1.54, 1.807) is 4.72 Å². The van der Waals surface area contributed by atoms with Gasteiger partial charge >= 0.3 is 16.3 Å². The summed E-state index contributed by atoms with van der Waals surface area (Å²) in [4.78, 5) is 10.9. The van der Waals surface area contributed by atoms with Crippen LogP contribution in [0.2, 0.25) is 0 Å². The Hall–Kier alpha value is -2.03. The summed E-state index contributed by atoms with van der Waals surface area (Å²) in [5, 5.41) is 0. The Morgan fingerprint density at radius 1 is 1.44 bits per heavy atom. The first-order valence-corrected chi connectivity index (χ1v) is 6.34. The van der Waals surface area contributed by atoms with Gasteiger partial charge in [-0.25, -0.2) is 13.9 Å². The molecule has 7 nitrogen and oxygen atoms in total. The number of nitrogen functional groups attached to an aromatic ring is 1. The highest BCUT2D eigenvalue weighted by atomic mass is 32.2. The Bertz CT molecular complexity index is 526. The van der Waals surface area contributed by atoms with Crippen molar-refractivity contribution in [1.82, 2.24) is 4.72 Å². The third-order valence-electron chi connectivity index (χ3n) is 1.67. The third kappa shape index (κ3) is 4.45. The minimum atomic E-state index is -4.19. The number of halogens is 1. The van der Waals surface area contributed by atoms with Crippen molar-refractivity contribution in [3.05, 3.63) is 24.0 Å². The zero-order chi connectivity index (χ0) is 13.8. The summed E-state index contributed by atoms with van der Waals surface area (Å²) in [7, 11) is -4.19. The monoisotopic (exact) mass is 277 g/mol. The number of hydrogen-bond donors (Lipinski definition) is 3. The Kier molecular flexibility index (Phi) is 4.32. The number of hydrogen-bond acceptors (Lipinski definition) is 5. The predicted octanol–water partition coefficient (Wildman–Crippen LogP) is 0.811. The number of benzene rings is 1. The van der Waals surface area contributed by atoms with Gasteiger partial charge in [-0.3, -0.25) is 4.72 Å². The van der Waals surface area contributed by atoms with Crippen LogP contribution >= 0.6 is 0 Å². The number of ether oxygens (including phenoxy) is 1. The molecule has 0 saturated carbocycles. The molecule has 1 aromatic carbocycles. The molecule has 0 heterocycles. The first kappa shape index (κ1) is 14.0. The van der Waals surface area contributed by atoms with Crippen LogP contribution in [0.25, 0.3) is 0 Å². The van der Waals surface area contributed by atoms with Crippen molar-refractivity contribution in [3.63, 3.8) is 0 Å². The zero-order valence-corrected chi connectivity index (χ0v) is 10.3. The van der Waals surface area contributed by atoms with Gasteiger partial charge in [-0.15, -0.1) is 0 Å². The molecule has 0 spiro atoms. The van der Waals surface area contributed by atoms with Crippen LogP contribution in [0, 0.1) is 5.82 Å². The molecule has 0 radical (unpaired) electrons. The number of anilines is 2. The SMILES string of the molecule is CCOC(=O)NS(=O)(=O)Nc1cc(N)cc(F)c1. The molecule has 4 N–H and O–H groups in total.